The highest BCUT2D eigenvalue weighted by Gasteiger charge is 2.29. The minimum Gasteiger partial charge on any atom is -0.352 e. The molecule has 0 aliphatic carbocycles. The van der Waals surface area contributed by atoms with Gasteiger partial charge in [-0.1, -0.05) is 12.1 Å². The summed E-state index contributed by atoms with van der Waals surface area (Å²) in [5, 5.41) is 13.9. The summed E-state index contributed by atoms with van der Waals surface area (Å²) in [5.41, 5.74) is 0.549. The van der Waals surface area contributed by atoms with Gasteiger partial charge < -0.3 is 10.2 Å². The number of carbonyl (C=O) groups excluding carboxylic acids is 2. The predicted molar refractivity (Wildman–Crippen MR) is 109 cm³/mol. The second-order valence-corrected chi connectivity index (χ2v) is 7.73. The third kappa shape index (κ3) is 5.04. The average Bonchev–Trinajstić information content (AvgIpc) is 2.75. The minimum absolute atomic E-state index is 0.0842. The molecule has 1 N–H and O–H groups in total. The number of rotatable bonds is 5. The molecule has 1 aliphatic rings. The summed E-state index contributed by atoms with van der Waals surface area (Å²) in [5.74, 6) is -2.12. The first kappa shape index (κ1) is 22.3. The van der Waals surface area contributed by atoms with Crippen LogP contribution in [0.4, 0.5) is 14.5 Å². The largest absolute Gasteiger partial charge is 0.352 e. The van der Waals surface area contributed by atoms with Crippen LogP contribution >= 0.6 is 0 Å². The van der Waals surface area contributed by atoms with E-state index in [9.17, 15) is 28.5 Å². The lowest BCUT2D eigenvalue weighted by Crippen LogP contribution is -2.43. The molecule has 2 amide bonds. The SMILES string of the molecule is Cc1ccc(CNC(=O)C2CCN(C(=O)c3cc(F)c(C)c([N+](=O)[O-])c3)CC2)cc1F. The Morgan fingerprint density at radius 1 is 1.13 bits per heavy atom. The first-order valence-corrected chi connectivity index (χ1v) is 9.94. The van der Waals surface area contributed by atoms with Crippen molar-refractivity contribution in [3.05, 3.63) is 74.3 Å². The second kappa shape index (κ2) is 9.20. The van der Waals surface area contributed by atoms with E-state index in [0.717, 1.165) is 12.1 Å². The Bertz CT molecular complexity index is 1030. The summed E-state index contributed by atoms with van der Waals surface area (Å²) in [7, 11) is 0. The average molecular weight is 431 g/mol. The normalized spacial score (nSPS) is 14.4. The number of benzene rings is 2. The second-order valence-electron chi connectivity index (χ2n) is 7.73. The van der Waals surface area contributed by atoms with Gasteiger partial charge in [-0.2, -0.15) is 0 Å². The smallest absolute Gasteiger partial charge is 0.276 e. The number of likely N-dealkylation sites (tertiary alicyclic amines) is 1. The molecule has 0 saturated carbocycles. The molecule has 0 radical (unpaired) electrons. The van der Waals surface area contributed by atoms with E-state index in [2.05, 4.69) is 5.32 Å². The quantitative estimate of drug-likeness (QED) is 0.578. The number of aryl methyl sites for hydroxylation is 1. The Kier molecular flexibility index (Phi) is 6.62. The van der Waals surface area contributed by atoms with Gasteiger partial charge in [0.15, 0.2) is 0 Å². The van der Waals surface area contributed by atoms with Crippen LogP contribution in [0.25, 0.3) is 0 Å². The number of halogens is 2. The van der Waals surface area contributed by atoms with Gasteiger partial charge in [0.05, 0.1) is 10.5 Å². The van der Waals surface area contributed by atoms with Gasteiger partial charge >= 0.3 is 0 Å². The summed E-state index contributed by atoms with van der Waals surface area (Å²) < 4.78 is 27.6. The van der Waals surface area contributed by atoms with Gasteiger partial charge in [-0.25, -0.2) is 8.78 Å². The Morgan fingerprint density at radius 3 is 2.42 bits per heavy atom. The van der Waals surface area contributed by atoms with E-state index < -0.39 is 22.3 Å². The van der Waals surface area contributed by atoms with E-state index in [-0.39, 0.29) is 48.4 Å². The molecule has 3 rings (SSSR count). The zero-order valence-electron chi connectivity index (χ0n) is 17.3. The first-order chi connectivity index (χ1) is 14.7. The van der Waals surface area contributed by atoms with Crippen LogP contribution in [0.15, 0.2) is 30.3 Å². The molecular weight excluding hydrogens is 408 g/mol. The van der Waals surface area contributed by atoms with Crippen molar-refractivity contribution in [2.75, 3.05) is 13.1 Å². The number of amides is 2. The molecule has 0 bridgehead atoms. The summed E-state index contributed by atoms with van der Waals surface area (Å²) in [6.45, 7) is 3.72. The number of nitro benzene ring substituents is 1. The monoisotopic (exact) mass is 431 g/mol. The number of piperidine rings is 1. The van der Waals surface area contributed by atoms with E-state index in [4.69, 9.17) is 0 Å². The topological polar surface area (TPSA) is 92.6 Å². The zero-order valence-corrected chi connectivity index (χ0v) is 17.3. The highest BCUT2D eigenvalue weighted by atomic mass is 19.1. The van der Waals surface area contributed by atoms with Crippen LogP contribution in [0.2, 0.25) is 0 Å². The van der Waals surface area contributed by atoms with Crippen molar-refractivity contribution in [2.45, 2.75) is 33.2 Å². The fraction of sp³-hybridized carbons (Fsp3) is 0.364. The molecule has 2 aromatic carbocycles. The molecule has 1 saturated heterocycles. The third-order valence-corrected chi connectivity index (χ3v) is 5.62. The van der Waals surface area contributed by atoms with Crippen LogP contribution in [-0.2, 0) is 11.3 Å². The first-order valence-electron chi connectivity index (χ1n) is 9.94. The third-order valence-electron chi connectivity index (χ3n) is 5.62. The lowest BCUT2D eigenvalue weighted by molar-refractivity contribution is -0.385. The fourth-order valence-electron chi connectivity index (χ4n) is 3.58. The van der Waals surface area contributed by atoms with Gasteiger partial charge in [-0.15, -0.1) is 0 Å². The van der Waals surface area contributed by atoms with Crippen molar-refractivity contribution in [3.63, 3.8) is 0 Å². The summed E-state index contributed by atoms with van der Waals surface area (Å²) in [6.07, 6.45) is 0.826. The van der Waals surface area contributed by atoms with Crippen molar-refractivity contribution >= 4 is 17.5 Å². The molecule has 0 aromatic heterocycles. The molecule has 1 fully saturated rings. The zero-order chi connectivity index (χ0) is 22.7. The van der Waals surface area contributed by atoms with Crippen molar-refractivity contribution in [1.29, 1.82) is 0 Å². The van der Waals surface area contributed by atoms with Gasteiger partial charge in [0.2, 0.25) is 5.91 Å². The molecule has 0 unspecified atom stereocenters. The van der Waals surface area contributed by atoms with E-state index in [1.165, 1.54) is 17.9 Å². The molecule has 0 spiro atoms. The number of nitro groups is 1. The molecule has 0 atom stereocenters. The lowest BCUT2D eigenvalue weighted by atomic mass is 9.95. The number of hydrogen-bond donors (Lipinski definition) is 1. The van der Waals surface area contributed by atoms with E-state index in [1.807, 2.05) is 0 Å². The van der Waals surface area contributed by atoms with E-state index in [1.54, 1.807) is 19.1 Å². The van der Waals surface area contributed by atoms with Crippen LogP contribution in [0.1, 0.15) is 39.9 Å². The highest BCUT2D eigenvalue weighted by Crippen LogP contribution is 2.25. The maximum atomic E-state index is 14.0. The molecular formula is C22H23F2N3O4. The maximum absolute atomic E-state index is 14.0. The Labute approximate surface area is 178 Å². The van der Waals surface area contributed by atoms with Crippen LogP contribution in [-0.4, -0.2) is 34.7 Å². The Balaban J connectivity index is 1.57. The van der Waals surface area contributed by atoms with Crippen molar-refractivity contribution in [1.82, 2.24) is 10.2 Å². The molecule has 1 heterocycles. The molecule has 2 aromatic rings. The number of carbonyl (C=O) groups is 2. The Hall–Kier alpha value is -3.36. The Morgan fingerprint density at radius 2 is 1.81 bits per heavy atom. The summed E-state index contributed by atoms with van der Waals surface area (Å²) in [4.78, 5) is 37.0. The minimum atomic E-state index is -0.806. The van der Waals surface area contributed by atoms with Crippen LogP contribution in [0.5, 0.6) is 0 Å². The van der Waals surface area contributed by atoms with Gasteiger partial charge in [-0.05, 0) is 49.9 Å². The number of nitrogens with one attached hydrogen (secondary N) is 1. The fourth-order valence-corrected chi connectivity index (χ4v) is 3.58. The van der Waals surface area contributed by atoms with E-state index >= 15 is 0 Å². The summed E-state index contributed by atoms with van der Waals surface area (Å²) >= 11 is 0. The van der Waals surface area contributed by atoms with Gasteiger partial charge in [-0.3, -0.25) is 19.7 Å². The van der Waals surface area contributed by atoms with E-state index in [0.29, 0.717) is 24.0 Å². The standard InChI is InChI=1S/C22H23F2N3O4/c1-13-3-4-15(9-18(13)23)12-25-21(28)16-5-7-26(8-6-16)22(29)17-10-19(24)14(2)20(11-17)27(30)31/h3-4,9-11,16H,5-8,12H2,1-2H3,(H,25,28). The van der Waals surface area contributed by atoms with Gasteiger partial charge in [0.1, 0.15) is 11.6 Å². The van der Waals surface area contributed by atoms with Crippen molar-refractivity contribution < 1.29 is 23.3 Å². The van der Waals surface area contributed by atoms with Crippen molar-refractivity contribution in [3.8, 4) is 0 Å². The number of nitrogens with zero attached hydrogens (tertiary/aromatic N) is 2. The molecule has 164 valence electrons. The molecule has 1 aliphatic heterocycles. The van der Waals surface area contributed by atoms with Gasteiger partial charge in [0, 0.05) is 37.2 Å². The highest BCUT2D eigenvalue weighted by molar-refractivity contribution is 5.95. The predicted octanol–water partition coefficient (Wildman–Crippen LogP) is 3.66. The molecule has 31 heavy (non-hydrogen) atoms. The van der Waals surface area contributed by atoms with Gasteiger partial charge in [0.25, 0.3) is 11.6 Å². The molecule has 9 heteroatoms. The molecule has 7 nitrogen and oxygen atoms in total. The van der Waals surface area contributed by atoms with Crippen LogP contribution in [0, 0.1) is 41.5 Å². The van der Waals surface area contributed by atoms with Crippen LogP contribution in [0.3, 0.4) is 0 Å². The maximum Gasteiger partial charge on any atom is 0.276 e. The number of hydrogen-bond acceptors (Lipinski definition) is 4. The van der Waals surface area contributed by atoms with Crippen molar-refractivity contribution in [2.24, 2.45) is 5.92 Å². The lowest BCUT2D eigenvalue weighted by Gasteiger charge is -2.31. The summed E-state index contributed by atoms with van der Waals surface area (Å²) in [6, 6.07) is 6.88. The van der Waals surface area contributed by atoms with Crippen LogP contribution < -0.4 is 5.32 Å².